The first-order valence-electron chi connectivity index (χ1n) is 5.83. The van der Waals surface area contributed by atoms with Crippen LogP contribution in [0.3, 0.4) is 0 Å². The molecular weight excluding hydrogens is 213 g/mol. The first-order chi connectivity index (χ1) is 7.99. The molecule has 2 rings (SSSR count). The molecule has 0 aliphatic heterocycles. The maximum Gasteiger partial charge on any atom is 0.147 e. The van der Waals surface area contributed by atoms with E-state index in [0.717, 1.165) is 22.3 Å². The van der Waals surface area contributed by atoms with Crippen molar-refractivity contribution in [1.82, 2.24) is 0 Å². The maximum absolute atomic E-state index is 13.8. The van der Waals surface area contributed by atoms with Crippen LogP contribution in [0.2, 0.25) is 0 Å². The molecule has 0 bridgehead atoms. The van der Waals surface area contributed by atoms with Crippen LogP contribution in [-0.4, -0.2) is 6.04 Å². The molecular formula is C15H18FN. The monoisotopic (exact) mass is 231 g/mol. The number of benzene rings is 1. The van der Waals surface area contributed by atoms with Gasteiger partial charge in [-0.25, -0.2) is 4.39 Å². The molecule has 0 amide bonds. The summed E-state index contributed by atoms with van der Waals surface area (Å²) in [5.41, 5.74) is 10.4. The lowest BCUT2D eigenvalue weighted by Gasteiger charge is -2.12. The third-order valence-electron chi connectivity index (χ3n) is 3.35. The van der Waals surface area contributed by atoms with Crippen molar-refractivity contribution in [2.45, 2.75) is 32.0 Å². The van der Waals surface area contributed by atoms with E-state index in [1.807, 2.05) is 25.1 Å². The number of hydrogen-bond acceptors (Lipinski definition) is 1. The topological polar surface area (TPSA) is 26.0 Å². The van der Waals surface area contributed by atoms with Crippen molar-refractivity contribution in [3.05, 3.63) is 59.2 Å². The van der Waals surface area contributed by atoms with Gasteiger partial charge in [0.05, 0.1) is 0 Å². The Morgan fingerprint density at radius 1 is 1.59 bits per heavy atom. The molecule has 1 aromatic carbocycles. The molecule has 1 aliphatic rings. The zero-order chi connectivity index (χ0) is 12.6. The molecule has 0 spiro atoms. The Labute approximate surface area is 102 Å². The summed E-state index contributed by atoms with van der Waals surface area (Å²) < 4.78 is 13.8. The quantitative estimate of drug-likeness (QED) is 0.794. The summed E-state index contributed by atoms with van der Waals surface area (Å²) in [5, 5.41) is 0. The Hall–Kier alpha value is -1.41. The van der Waals surface area contributed by atoms with Crippen LogP contribution in [0.25, 0.3) is 0 Å². The van der Waals surface area contributed by atoms with Crippen molar-refractivity contribution in [3.63, 3.8) is 0 Å². The number of allylic oxidation sites excluding steroid dienone is 1. The number of rotatable bonds is 3. The fourth-order valence-corrected chi connectivity index (χ4v) is 2.15. The van der Waals surface area contributed by atoms with E-state index in [-0.39, 0.29) is 6.04 Å². The van der Waals surface area contributed by atoms with Crippen LogP contribution < -0.4 is 5.73 Å². The highest BCUT2D eigenvalue weighted by Gasteiger charge is 2.25. The predicted molar refractivity (Wildman–Crippen MR) is 69.6 cm³/mol. The van der Waals surface area contributed by atoms with Crippen molar-refractivity contribution in [1.29, 1.82) is 0 Å². The number of alkyl halides is 1. The first-order valence-corrected chi connectivity index (χ1v) is 5.83. The van der Waals surface area contributed by atoms with E-state index in [9.17, 15) is 4.39 Å². The Bertz CT molecular complexity index is 476. The average molecular weight is 231 g/mol. The van der Waals surface area contributed by atoms with Gasteiger partial charge in [-0.05, 0) is 42.0 Å². The van der Waals surface area contributed by atoms with E-state index in [0.29, 0.717) is 18.4 Å². The molecule has 2 N–H and O–H groups in total. The fourth-order valence-electron chi connectivity index (χ4n) is 2.15. The fraction of sp³-hybridized carbons (Fsp3) is 0.333. The Morgan fingerprint density at radius 2 is 2.29 bits per heavy atom. The number of halogens is 1. The summed E-state index contributed by atoms with van der Waals surface area (Å²) in [6, 6.07) is 5.87. The number of fused-ring (bicyclic) bond motifs is 1. The van der Waals surface area contributed by atoms with E-state index in [1.54, 1.807) is 0 Å². The van der Waals surface area contributed by atoms with Gasteiger partial charge in [0.2, 0.25) is 0 Å². The lowest BCUT2D eigenvalue weighted by atomic mass is 9.98. The van der Waals surface area contributed by atoms with Gasteiger partial charge < -0.3 is 5.73 Å². The second kappa shape index (κ2) is 4.46. The van der Waals surface area contributed by atoms with Crippen molar-refractivity contribution in [2.75, 3.05) is 0 Å². The SMILES string of the molecule is C=C(C)C(N)Cc1ccc2c(c1)C(F)C(=C)C2. The van der Waals surface area contributed by atoms with Crippen LogP contribution in [-0.2, 0) is 12.8 Å². The second-order valence-corrected chi connectivity index (χ2v) is 4.89. The van der Waals surface area contributed by atoms with Crippen LogP contribution in [0.4, 0.5) is 4.39 Å². The van der Waals surface area contributed by atoms with Gasteiger partial charge in [-0.3, -0.25) is 0 Å². The third kappa shape index (κ3) is 2.32. The maximum atomic E-state index is 13.8. The van der Waals surface area contributed by atoms with Gasteiger partial charge in [0.25, 0.3) is 0 Å². The molecule has 17 heavy (non-hydrogen) atoms. The molecule has 2 unspecified atom stereocenters. The molecule has 1 aliphatic carbocycles. The summed E-state index contributed by atoms with van der Waals surface area (Å²) in [6.07, 6.45) is 0.358. The highest BCUT2D eigenvalue weighted by Crippen LogP contribution is 2.38. The minimum absolute atomic E-state index is 0.0595. The van der Waals surface area contributed by atoms with Gasteiger partial charge in [0, 0.05) is 6.04 Å². The molecule has 0 radical (unpaired) electrons. The van der Waals surface area contributed by atoms with Gasteiger partial charge >= 0.3 is 0 Å². The number of nitrogens with two attached hydrogens (primary N) is 1. The predicted octanol–water partition coefficient (Wildman–Crippen LogP) is 3.26. The zero-order valence-corrected chi connectivity index (χ0v) is 10.2. The van der Waals surface area contributed by atoms with E-state index < -0.39 is 6.17 Å². The smallest absolute Gasteiger partial charge is 0.147 e. The second-order valence-electron chi connectivity index (χ2n) is 4.89. The highest BCUT2D eigenvalue weighted by molar-refractivity contribution is 5.45. The largest absolute Gasteiger partial charge is 0.324 e. The molecule has 0 saturated carbocycles. The van der Waals surface area contributed by atoms with Crippen LogP contribution in [0.15, 0.2) is 42.5 Å². The van der Waals surface area contributed by atoms with Crippen molar-refractivity contribution >= 4 is 0 Å². The molecule has 2 atom stereocenters. The minimum Gasteiger partial charge on any atom is -0.324 e. The van der Waals surface area contributed by atoms with Gasteiger partial charge in [0.15, 0.2) is 0 Å². The van der Waals surface area contributed by atoms with Crippen molar-refractivity contribution in [2.24, 2.45) is 5.73 Å². The molecule has 0 aromatic heterocycles. The summed E-state index contributed by atoms with van der Waals surface area (Å²) in [6.45, 7) is 9.51. The lowest BCUT2D eigenvalue weighted by Crippen LogP contribution is -2.23. The first kappa shape index (κ1) is 12.1. The van der Waals surface area contributed by atoms with E-state index >= 15 is 0 Å². The average Bonchev–Trinajstić information content (AvgIpc) is 2.55. The van der Waals surface area contributed by atoms with Crippen molar-refractivity contribution < 1.29 is 4.39 Å². The molecule has 2 heteroatoms. The van der Waals surface area contributed by atoms with Crippen LogP contribution in [0.5, 0.6) is 0 Å². The van der Waals surface area contributed by atoms with Gasteiger partial charge in [-0.2, -0.15) is 0 Å². The highest BCUT2D eigenvalue weighted by atomic mass is 19.1. The Morgan fingerprint density at radius 3 is 2.94 bits per heavy atom. The Balaban J connectivity index is 2.23. The van der Waals surface area contributed by atoms with Crippen LogP contribution in [0, 0.1) is 0 Å². The van der Waals surface area contributed by atoms with Gasteiger partial charge in [0.1, 0.15) is 6.17 Å². The van der Waals surface area contributed by atoms with Gasteiger partial charge in [-0.15, -0.1) is 0 Å². The summed E-state index contributed by atoms with van der Waals surface area (Å²) in [4.78, 5) is 0. The van der Waals surface area contributed by atoms with Crippen molar-refractivity contribution in [3.8, 4) is 0 Å². The zero-order valence-electron chi connectivity index (χ0n) is 10.2. The standard InChI is InChI=1S/C15H18FN/c1-9(2)14(17)8-11-4-5-12-6-10(3)15(16)13(12)7-11/h4-5,7,14-15H,1,3,6,8,17H2,2H3. The lowest BCUT2D eigenvalue weighted by molar-refractivity contribution is 0.404. The number of hydrogen-bond donors (Lipinski definition) is 1. The minimum atomic E-state index is -1.01. The molecule has 1 aromatic rings. The molecule has 90 valence electrons. The molecule has 1 nitrogen and oxygen atoms in total. The Kier molecular flexibility index (Phi) is 3.16. The summed E-state index contributed by atoms with van der Waals surface area (Å²) in [5.74, 6) is 0. The molecule has 0 heterocycles. The third-order valence-corrected chi connectivity index (χ3v) is 3.35. The summed E-state index contributed by atoms with van der Waals surface area (Å²) in [7, 11) is 0. The van der Waals surface area contributed by atoms with Crippen LogP contribution >= 0.6 is 0 Å². The summed E-state index contributed by atoms with van der Waals surface area (Å²) >= 11 is 0. The normalized spacial score (nSPS) is 20.2. The molecule has 0 saturated heterocycles. The van der Waals surface area contributed by atoms with E-state index in [2.05, 4.69) is 13.2 Å². The van der Waals surface area contributed by atoms with E-state index in [4.69, 9.17) is 5.73 Å². The van der Waals surface area contributed by atoms with Gasteiger partial charge in [-0.1, -0.05) is 36.9 Å². The van der Waals surface area contributed by atoms with Crippen LogP contribution in [0.1, 0.15) is 29.8 Å². The molecule has 0 fully saturated rings. The van der Waals surface area contributed by atoms with E-state index in [1.165, 1.54) is 0 Å².